The van der Waals surface area contributed by atoms with Crippen molar-refractivity contribution in [1.82, 2.24) is 0 Å². The number of unbranched alkanes of at least 4 members (excludes halogenated alkanes) is 1. The highest BCUT2D eigenvalue weighted by atomic mass is 35.5. The predicted molar refractivity (Wildman–Crippen MR) is 226 cm³/mol. The molecule has 0 heterocycles. The third kappa shape index (κ3) is 23.4. The molecule has 0 amide bonds. The number of nitro groups is 1. The molecule has 0 bridgehead atoms. The Morgan fingerprint density at radius 3 is 1.45 bits per heavy atom. The van der Waals surface area contributed by atoms with Gasteiger partial charge in [-0.3, -0.25) is 10.1 Å². The van der Waals surface area contributed by atoms with E-state index in [9.17, 15) is 10.1 Å². The summed E-state index contributed by atoms with van der Waals surface area (Å²) in [5, 5.41) is 27.5. The van der Waals surface area contributed by atoms with Crippen molar-refractivity contribution < 1.29 is 4.92 Å². The number of aryl methyl sites for hydroxylation is 1. The van der Waals surface area contributed by atoms with E-state index >= 15 is 0 Å². The lowest BCUT2D eigenvalue weighted by Crippen LogP contribution is -1.87. The van der Waals surface area contributed by atoms with Gasteiger partial charge in [0, 0.05) is 31.7 Å². The molecule has 51 heavy (non-hydrogen) atoms. The summed E-state index contributed by atoms with van der Waals surface area (Å²) in [6.07, 6.45) is 3.65. The Bertz CT molecular complexity index is 1650. The van der Waals surface area contributed by atoms with Gasteiger partial charge in [0.1, 0.15) is 6.07 Å². The van der Waals surface area contributed by atoms with Gasteiger partial charge in [0.2, 0.25) is 0 Å². The SMILES string of the molecule is CCCCc1ccc(SC(Cl)Cl)cc1.N#Cc1ccc(SC(Cl)Cl)cc1.N#Cc1ccccc1SC(Cl)Cl.O=[N+]([O-])c1ccc(SC(Cl)Cl)cc1. The summed E-state index contributed by atoms with van der Waals surface area (Å²) in [6, 6.07) is 32.9. The second kappa shape index (κ2) is 28.4. The average Bonchev–Trinajstić information content (AvgIpc) is 3.09. The standard InChI is InChI=1S/C11H14Cl2S.2C8H5Cl2NS.C7H5Cl2NO2S/c1-2-3-4-9-5-7-10(8-6-9)14-11(12)13;9-8(10)12-7-3-1-6(5-11)2-4-7;9-8(10)12-7-4-2-1-3-6(7)5-11;8-7(9)13-6-3-1-5(2-4-6)10(11)12/h5-8,11H,2-4H2,1H3;2*1-4,8H;1-4,7H. The molecule has 0 saturated heterocycles. The van der Waals surface area contributed by atoms with Crippen molar-refractivity contribution in [2.24, 2.45) is 0 Å². The van der Waals surface area contributed by atoms with E-state index < -0.39 is 17.4 Å². The molecule has 5 nitrogen and oxygen atoms in total. The van der Waals surface area contributed by atoms with Gasteiger partial charge in [0.25, 0.3) is 5.69 Å². The van der Waals surface area contributed by atoms with Crippen LogP contribution < -0.4 is 0 Å². The first-order chi connectivity index (χ1) is 24.3. The van der Waals surface area contributed by atoms with E-state index in [0.717, 1.165) is 26.0 Å². The van der Waals surface area contributed by atoms with Gasteiger partial charge >= 0.3 is 0 Å². The Morgan fingerprint density at radius 2 is 1.06 bits per heavy atom. The highest BCUT2D eigenvalue weighted by Gasteiger charge is 2.07. The number of hydrogen-bond donors (Lipinski definition) is 0. The Morgan fingerprint density at radius 1 is 0.627 bits per heavy atom. The van der Waals surface area contributed by atoms with Crippen LogP contribution in [0.4, 0.5) is 5.69 Å². The molecule has 0 aliphatic rings. The first-order valence-corrected chi connectivity index (χ1v) is 21.4. The van der Waals surface area contributed by atoms with Crippen molar-refractivity contribution in [2.75, 3.05) is 0 Å². The first kappa shape index (κ1) is 48.0. The Labute approximate surface area is 356 Å². The number of rotatable bonds is 12. The number of non-ortho nitro benzene ring substituents is 1. The lowest BCUT2D eigenvalue weighted by molar-refractivity contribution is -0.384. The van der Waals surface area contributed by atoms with Crippen LogP contribution in [-0.4, -0.2) is 21.6 Å². The number of thioether (sulfide) groups is 4. The fraction of sp³-hybridized carbons (Fsp3) is 0.235. The molecule has 17 heteroatoms. The summed E-state index contributed by atoms with van der Waals surface area (Å²) >= 11 is 49.9. The Balaban J connectivity index is 0.000000341. The van der Waals surface area contributed by atoms with E-state index in [1.807, 2.05) is 30.3 Å². The molecule has 0 radical (unpaired) electrons. The maximum atomic E-state index is 10.3. The predicted octanol–water partition coefficient (Wildman–Crippen LogP) is 15.2. The summed E-state index contributed by atoms with van der Waals surface area (Å²) in [7, 11) is 0. The maximum Gasteiger partial charge on any atom is 0.269 e. The lowest BCUT2D eigenvalue weighted by atomic mass is 10.1. The normalized spacial score (nSPS) is 10.3. The van der Waals surface area contributed by atoms with Crippen LogP contribution in [0.1, 0.15) is 36.5 Å². The van der Waals surface area contributed by atoms with Crippen LogP contribution in [0.15, 0.2) is 117 Å². The van der Waals surface area contributed by atoms with Gasteiger partial charge in [-0.2, -0.15) is 10.5 Å². The van der Waals surface area contributed by atoms with Crippen molar-refractivity contribution in [3.63, 3.8) is 0 Å². The van der Waals surface area contributed by atoms with Gasteiger partial charge in [-0.15, -0.1) is 0 Å². The molecule has 4 aromatic rings. The van der Waals surface area contributed by atoms with E-state index in [1.165, 1.54) is 77.6 Å². The van der Waals surface area contributed by atoms with E-state index in [2.05, 4.69) is 37.3 Å². The lowest BCUT2D eigenvalue weighted by Gasteiger charge is -2.03. The smallest absolute Gasteiger partial charge is 0.258 e. The fourth-order valence-corrected chi connectivity index (χ4v) is 7.95. The monoisotopic (exact) mass is 919 g/mol. The highest BCUT2D eigenvalue weighted by Crippen LogP contribution is 2.32. The number of nitriles is 2. The quantitative estimate of drug-likeness (QED) is 0.0601. The minimum absolute atomic E-state index is 0.0602. The molecule has 0 atom stereocenters. The van der Waals surface area contributed by atoms with Crippen molar-refractivity contribution in [1.29, 1.82) is 10.5 Å². The van der Waals surface area contributed by atoms with Crippen molar-refractivity contribution >= 4 is 146 Å². The fourth-order valence-electron chi connectivity index (χ4n) is 3.44. The van der Waals surface area contributed by atoms with Gasteiger partial charge < -0.3 is 0 Å². The van der Waals surface area contributed by atoms with Crippen LogP contribution in [0.5, 0.6) is 0 Å². The largest absolute Gasteiger partial charge is 0.269 e. The average molecular weight is 924 g/mol. The molecule has 272 valence electrons. The zero-order chi connectivity index (χ0) is 38.2. The number of alkyl halides is 8. The molecule has 4 aromatic carbocycles. The third-order valence-electron chi connectivity index (χ3n) is 5.67. The molecule has 0 aliphatic heterocycles. The second-order valence-corrected chi connectivity index (χ2v) is 20.4. The van der Waals surface area contributed by atoms with Crippen molar-refractivity contribution in [3.8, 4) is 12.1 Å². The minimum atomic E-state index is -0.554. The Kier molecular flexibility index (Phi) is 26.8. The molecule has 0 unspecified atom stereocenters. The number of nitro benzene ring substituents is 1. The molecule has 0 fully saturated rings. The number of hydrogen-bond acceptors (Lipinski definition) is 8. The summed E-state index contributed by atoms with van der Waals surface area (Å²) in [5.74, 6) is 0. The topological polar surface area (TPSA) is 90.7 Å². The molecule has 0 aliphatic carbocycles. The zero-order valence-corrected chi connectivity index (χ0v) is 35.8. The summed E-state index contributed by atoms with van der Waals surface area (Å²) in [6.45, 7) is 2.20. The molecule has 0 N–H and O–H groups in total. The van der Waals surface area contributed by atoms with Gasteiger partial charge in [-0.1, -0.05) is 177 Å². The highest BCUT2D eigenvalue weighted by molar-refractivity contribution is 8.03. The molecular formula is C34H29Cl8N3O2S4. The Hall–Kier alpha value is -1.02. The molecule has 0 saturated carbocycles. The van der Waals surface area contributed by atoms with Crippen LogP contribution in [0.3, 0.4) is 0 Å². The van der Waals surface area contributed by atoms with Gasteiger partial charge in [-0.25, -0.2) is 0 Å². The van der Waals surface area contributed by atoms with Crippen LogP contribution in [0, 0.1) is 32.8 Å². The van der Waals surface area contributed by atoms with E-state index in [-0.39, 0.29) is 9.86 Å². The molecular weight excluding hydrogens is 894 g/mol. The minimum Gasteiger partial charge on any atom is -0.258 e. The molecule has 0 aromatic heterocycles. The van der Waals surface area contributed by atoms with Crippen LogP contribution in [0.25, 0.3) is 0 Å². The first-order valence-electron chi connectivity index (χ1n) is 14.4. The van der Waals surface area contributed by atoms with Gasteiger partial charge in [0.15, 0.2) is 16.7 Å². The van der Waals surface area contributed by atoms with Gasteiger partial charge in [0.05, 0.1) is 22.1 Å². The molecule has 4 rings (SSSR count). The molecule has 0 spiro atoms. The van der Waals surface area contributed by atoms with Crippen molar-refractivity contribution in [2.45, 2.75) is 62.4 Å². The summed E-state index contributed by atoms with van der Waals surface area (Å²) in [4.78, 5) is 13.5. The zero-order valence-electron chi connectivity index (χ0n) is 26.5. The van der Waals surface area contributed by atoms with Crippen LogP contribution >= 0.6 is 140 Å². The summed E-state index contributed by atoms with van der Waals surface area (Å²) in [5.41, 5.74) is 2.69. The van der Waals surface area contributed by atoms with Gasteiger partial charge in [-0.05, 0) is 79.1 Å². The maximum absolute atomic E-state index is 10.3. The van der Waals surface area contributed by atoms with Crippen LogP contribution in [0.2, 0.25) is 0 Å². The van der Waals surface area contributed by atoms with Crippen LogP contribution in [-0.2, 0) is 6.42 Å². The van der Waals surface area contributed by atoms with E-state index in [0.29, 0.717) is 11.1 Å². The van der Waals surface area contributed by atoms with Crippen molar-refractivity contribution in [3.05, 3.63) is 124 Å². The third-order valence-corrected chi connectivity index (χ3v) is 10.8. The number of benzene rings is 4. The number of halogens is 8. The second-order valence-electron chi connectivity index (χ2n) is 9.26. The van der Waals surface area contributed by atoms with E-state index in [4.69, 9.17) is 103 Å². The van der Waals surface area contributed by atoms with E-state index in [1.54, 1.807) is 36.4 Å². The number of nitrogens with zero attached hydrogens (tertiary/aromatic N) is 3. The summed E-state index contributed by atoms with van der Waals surface area (Å²) < 4.78 is -1.92.